The van der Waals surface area contributed by atoms with Gasteiger partial charge in [0.05, 0.1) is 0 Å². The highest BCUT2D eigenvalue weighted by Gasteiger charge is 2.08. The van der Waals surface area contributed by atoms with Gasteiger partial charge in [-0.05, 0) is 24.1 Å². The fraction of sp³-hybridized carbons (Fsp3) is 0.154. The lowest BCUT2D eigenvalue weighted by Gasteiger charge is -2.06. The van der Waals surface area contributed by atoms with Gasteiger partial charge in [-0.25, -0.2) is 14.8 Å². The van der Waals surface area contributed by atoms with Crippen LogP contribution in [0, 0.1) is 6.92 Å². The summed E-state index contributed by atoms with van der Waals surface area (Å²) >= 11 is 0. The quantitative estimate of drug-likeness (QED) is 0.755. The second kappa shape index (κ2) is 5.21. The highest BCUT2D eigenvalue weighted by atomic mass is 16.5. The van der Waals surface area contributed by atoms with E-state index in [1.165, 1.54) is 18.6 Å². The number of hydrogen-bond donors (Lipinski definition) is 0. The summed E-state index contributed by atoms with van der Waals surface area (Å²) in [6.45, 7) is 2.24. The molecule has 86 valence electrons. The van der Waals surface area contributed by atoms with Crippen molar-refractivity contribution in [1.82, 2.24) is 9.97 Å². The zero-order valence-corrected chi connectivity index (χ0v) is 9.46. The second-order valence-electron chi connectivity index (χ2n) is 3.60. The van der Waals surface area contributed by atoms with Crippen LogP contribution >= 0.6 is 0 Å². The van der Waals surface area contributed by atoms with Crippen molar-refractivity contribution in [2.45, 2.75) is 13.5 Å². The minimum Gasteiger partial charge on any atom is -0.456 e. The van der Waals surface area contributed by atoms with Crippen LogP contribution in [-0.4, -0.2) is 15.9 Å². The van der Waals surface area contributed by atoms with Crippen LogP contribution in [0.5, 0.6) is 0 Å². The molecule has 4 nitrogen and oxygen atoms in total. The first-order valence-corrected chi connectivity index (χ1v) is 5.25. The average Bonchev–Trinajstić information content (AvgIpc) is 2.38. The van der Waals surface area contributed by atoms with E-state index >= 15 is 0 Å². The molecule has 0 saturated carbocycles. The maximum absolute atomic E-state index is 11.6. The van der Waals surface area contributed by atoms with Crippen molar-refractivity contribution in [3.05, 3.63) is 59.7 Å². The lowest BCUT2D eigenvalue weighted by Crippen LogP contribution is -2.07. The maximum atomic E-state index is 11.6. The van der Waals surface area contributed by atoms with Crippen LogP contribution < -0.4 is 0 Å². The van der Waals surface area contributed by atoms with Crippen molar-refractivity contribution < 1.29 is 9.53 Å². The molecule has 1 heterocycles. The van der Waals surface area contributed by atoms with E-state index in [1.807, 2.05) is 31.2 Å². The number of carbonyl (C=O) groups is 1. The molecule has 4 heteroatoms. The number of aryl methyl sites for hydroxylation is 1. The number of esters is 1. The molecule has 0 radical (unpaired) electrons. The molecule has 0 aliphatic rings. The minimum absolute atomic E-state index is 0.259. The highest BCUT2D eigenvalue weighted by Crippen LogP contribution is 2.09. The van der Waals surface area contributed by atoms with Crippen molar-refractivity contribution in [3.8, 4) is 0 Å². The van der Waals surface area contributed by atoms with Gasteiger partial charge in [0.25, 0.3) is 0 Å². The Morgan fingerprint density at radius 1 is 1.29 bits per heavy atom. The van der Waals surface area contributed by atoms with E-state index in [4.69, 9.17) is 4.74 Å². The molecule has 0 N–H and O–H groups in total. The number of nitrogens with zero attached hydrogens (tertiary/aromatic N) is 2. The van der Waals surface area contributed by atoms with Crippen LogP contribution in [0.3, 0.4) is 0 Å². The van der Waals surface area contributed by atoms with E-state index in [-0.39, 0.29) is 12.3 Å². The number of ether oxygens (including phenoxy) is 1. The molecule has 1 aromatic heterocycles. The third-order valence-corrected chi connectivity index (χ3v) is 2.41. The van der Waals surface area contributed by atoms with Crippen LogP contribution in [0.4, 0.5) is 0 Å². The standard InChI is InChI=1S/C13H12N2O2/c1-10-4-2-3-5-11(10)8-17-13(16)12-6-7-14-9-15-12/h2-7,9H,8H2,1H3. The monoisotopic (exact) mass is 228 g/mol. The first-order valence-electron chi connectivity index (χ1n) is 5.25. The molecule has 0 saturated heterocycles. The predicted molar refractivity (Wildman–Crippen MR) is 62.3 cm³/mol. The Morgan fingerprint density at radius 3 is 2.82 bits per heavy atom. The summed E-state index contributed by atoms with van der Waals surface area (Å²) < 4.78 is 5.17. The van der Waals surface area contributed by atoms with Gasteiger partial charge in [0.15, 0.2) is 5.69 Å². The molecule has 0 aliphatic heterocycles. The smallest absolute Gasteiger partial charge is 0.357 e. The van der Waals surface area contributed by atoms with Crippen LogP contribution in [0.1, 0.15) is 21.6 Å². The van der Waals surface area contributed by atoms with Crippen LogP contribution in [0.25, 0.3) is 0 Å². The molecule has 0 bridgehead atoms. The molecule has 0 fully saturated rings. The van der Waals surface area contributed by atoms with E-state index in [1.54, 1.807) is 0 Å². The Morgan fingerprint density at radius 2 is 2.12 bits per heavy atom. The van der Waals surface area contributed by atoms with Crippen molar-refractivity contribution in [2.24, 2.45) is 0 Å². The van der Waals surface area contributed by atoms with Gasteiger partial charge < -0.3 is 4.74 Å². The Kier molecular flexibility index (Phi) is 3.45. The van der Waals surface area contributed by atoms with Gasteiger partial charge in [0.1, 0.15) is 12.9 Å². The summed E-state index contributed by atoms with van der Waals surface area (Å²) in [5.74, 6) is -0.435. The lowest BCUT2D eigenvalue weighted by molar-refractivity contribution is 0.0465. The average molecular weight is 228 g/mol. The molecule has 0 atom stereocenters. The topological polar surface area (TPSA) is 52.1 Å². The van der Waals surface area contributed by atoms with Crippen molar-refractivity contribution in [2.75, 3.05) is 0 Å². The summed E-state index contributed by atoms with van der Waals surface area (Å²) in [4.78, 5) is 19.2. The van der Waals surface area contributed by atoms with E-state index in [2.05, 4.69) is 9.97 Å². The van der Waals surface area contributed by atoms with E-state index < -0.39 is 5.97 Å². The number of benzene rings is 1. The Labute approximate surface area is 99.3 Å². The molecule has 1 aromatic carbocycles. The number of aromatic nitrogens is 2. The molecule has 0 unspecified atom stereocenters. The minimum atomic E-state index is -0.435. The molecule has 0 aliphatic carbocycles. The van der Waals surface area contributed by atoms with Gasteiger partial charge in [0, 0.05) is 6.20 Å². The summed E-state index contributed by atoms with van der Waals surface area (Å²) in [5, 5.41) is 0. The summed E-state index contributed by atoms with van der Waals surface area (Å²) in [7, 11) is 0. The molecule has 2 aromatic rings. The predicted octanol–water partition coefficient (Wildman–Crippen LogP) is 2.14. The third kappa shape index (κ3) is 2.87. The fourth-order valence-electron chi connectivity index (χ4n) is 1.40. The third-order valence-electron chi connectivity index (χ3n) is 2.41. The zero-order chi connectivity index (χ0) is 12.1. The molecule has 0 amide bonds. The van der Waals surface area contributed by atoms with Gasteiger partial charge in [-0.3, -0.25) is 0 Å². The van der Waals surface area contributed by atoms with Gasteiger partial charge in [-0.15, -0.1) is 0 Å². The Bertz CT molecular complexity index is 512. The first-order chi connectivity index (χ1) is 8.27. The Balaban J connectivity index is 2.00. The van der Waals surface area contributed by atoms with E-state index in [0.717, 1.165) is 11.1 Å². The van der Waals surface area contributed by atoms with Gasteiger partial charge in [-0.2, -0.15) is 0 Å². The van der Waals surface area contributed by atoms with Crippen molar-refractivity contribution in [3.63, 3.8) is 0 Å². The SMILES string of the molecule is Cc1ccccc1COC(=O)c1ccncn1. The van der Waals surface area contributed by atoms with Crippen LogP contribution in [0.15, 0.2) is 42.9 Å². The van der Waals surface area contributed by atoms with E-state index in [9.17, 15) is 4.79 Å². The van der Waals surface area contributed by atoms with E-state index in [0.29, 0.717) is 0 Å². The normalized spacial score (nSPS) is 9.94. The first kappa shape index (κ1) is 11.3. The summed E-state index contributed by atoms with van der Waals surface area (Å²) in [6.07, 6.45) is 2.84. The second-order valence-corrected chi connectivity index (χ2v) is 3.60. The maximum Gasteiger partial charge on any atom is 0.357 e. The largest absolute Gasteiger partial charge is 0.456 e. The van der Waals surface area contributed by atoms with Crippen molar-refractivity contribution >= 4 is 5.97 Å². The fourth-order valence-corrected chi connectivity index (χ4v) is 1.40. The van der Waals surface area contributed by atoms with Crippen molar-refractivity contribution in [1.29, 1.82) is 0 Å². The van der Waals surface area contributed by atoms with Gasteiger partial charge in [0.2, 0.25) is 0 Å². The molecule has 17 heavy (non-hydrogen) atoms. The highest BCUT2D eigenvalue weighted by molar-refractivity contribution is 5.86. The molecule has 0 spiro atoms. The van der Waals surface area contributed by atoms with Gasteiger partial charge >= 0.3 is 5.97 Å². The lowest BCUT2D eigenvalue weighted by atomic mass is 10.1. The zero-order valence-electron chi connectivity index (χ0n) is 9.46. The number of hydrogen-bond acceptors (Lipinski definition) is 4. The Hall–Kier alpha value is -2.23. The summed E-state index contributed by atoms with van der Waals surface area (Å²) in [5.41, 5.74) is 2.37. The molecule has 2 rings (SSSR count). The van der Waals surface area contributed by atoms with Crippen LogP contribution in [0.2, 0.25) is 0 Å². The van der Waals surface area contributed by atoms with Gasteiger partial charge in [-0.1, -0.05) is 24.3 Å². The summed E-state index contributed by atoms with van der Waals surface area (Å²) in [6, 6.07) is 9.31. The molecular formula is C13H12N2O2. The number of carbonyl (C=O) groups excluding carboxylic acids is 1. The van der Waals surface area contributed by atoms with Crippen LogP contribution in [-0.2, 0) is 11.3 Å². The molecular weight excluding hydrogens is 216 g/mol. The number of rotatable bonds is 3.